The normalized spacial score (nSPS) is 46.1. The maximum atomic E-state index is 12.7. The number of carbonyl (C=O) groups is 1. The lowest BCUT2D eigenvalue weighted by Gasteiger charge is -2.68. The third-order valence-electron chi connectivity index (χ3n) is 11.7. The van der Waals surface area contributed by atoms with Crippen molar-refractivity contribution in [3.05, 3.63) is 23.8 Å². The van der Waals surface area contributed by atoms with Gasteiger partial charge in [0.05, 0.1) is 11.5 Å². The fourth-order valence-corrected chi connectivity index (χ4v) is 9.48. The molecule has 4 aliphatic rings. The molecule has 3 nitrogen and oxygen atoms in total. The van der Waals surface area contributed by atoms with E-state index >= 15 is 0 Å². The molecule has 3 heteroatoms. The number of nitrogens with zero attached hydrogens (tertiary/aromatic N) is 1. The molecule has 0 heterocycles. The van der Waals surface area contributed by atoms with Crippen LogP contribution < -0.4 is 0 Å². The summed E-state index contributed by atoms with van der Waals surface area (Å²) in [5, 5.41) is 19.9. The smallest absolute Gasteiger partial charge is 0.310 e. The van der Waals surface area contributed by atoms with Gasteiger partial charge in [-0.05, 0) is 104 Å². The number of aliphatic carboxylic acids is 1. The largest absolute Gasteiger partial charge is 0.481 e. The topological polar surface area (TPSA) is 61.1 Å². The van der Waals surface area contributed by atoms with Crippen LogP contribution in [0.25, 0.3) is 0 Å². The van der Waals surface area contributed by atoms with Gasteiger partial charge in [-0.25, -0.2) is 0 Å². The second-order valence-corrected chi connectivity index (χ2v) is 13.7. The lowest BCUT2D eigenvalue weighted by atomic mass is 9.35. The summed E-state index contributed by atoms with van der Waals surface area (Å²) in [6.45, 7) is 18.6. The van der Waals surface area contributed by atoms with Crippen LogP contribution in [0.5, 0.6) is 0 Å². The summed E-state index contributed by atoms with van der Waals surface area (Å²) < 4.78 is 0. The minimum atomic E-state index is -0.580. The number of hydrogen-bond acceptors (Lipinski definition) is 2. The molecule has 1 unspecified atom stereocenters. The highest BCUT2D eigenvalue weighted by Gasteiger charge is 2.67. The second kappa shape index (κ2) is 7.73. The molecule has 0 bridgehead atoms. The summed E-state index contributed by atoms with van der Waals surface area (Å²) in [5.74, 6) is 0.539. The minimum Gasteiger partial charge on any atom is -0.481 e. The number of carboxylic acid groups (broad SMARTS) is 1. The van der Waals surface area contributed by atoms with Crippen LogP contribution in [0.2, 0.25) is 0 Å². The first-order valence-electron chi connectivity index (χ1n) is 13.2. The van der Waals surface area contributed by atoms with Gasteiger partial charge < -0.3 is 5.11 Å². The highest BCUT2D eigenvalue weighted by molar-refractivity contribution is 5.76. The quantitative estimate of drug-likeness (QED) is 0.441. The van der Waals surface area contributed by atoms with Crippen molar-refractivity contribution >= 4 is 5.97 Å². The van der Waals surface area contributed by atoms with Crippen molar-refractivity contribution in [3.63, 3.8) is 0 Å². The van der Waals surface area contributed by atoms with E-state index in [9.17, 15) is 15.2 Å². The molecular formula is C30H45NO2. The predicted octanol–water partition coefficient (Wildman–Crippen LogP) is 7.93. The van der Waals surface area contributed by atoms with E-state index in [1.54, 1.807) is 0 Å². The van der Waals surface area contributed by atoms with Crippen LogP contribution in [0, 0.1) is 56.2 Å². The molecule has 1 N–H and O–H groups in total. The Bertz CT molecular complexity index is 924. The van der Waals surface area contributed by atoms with Gasteiger partial charge >= 0.3 is 5.97 Å². The number of carboxylic acids is 1. The van der Waals surface area contributed by atoms with Gasteiger partial charge in [-0.3, -0.25) is 4.79 Å². The van der Waals surface area contributed by atoms with Crippen molar-refractivity contribution in [2.75, 3.05) is 0 Å². The molecule has 0 saturated heterocycles. The summed E-state index contributed by atoms with van der Waals surface area (Å²) in [4.78, 5) is 12.7. The molecule has 0 aromatic rings. The lowest BCUT2D eigenvalue weighted by molar-refractivity contribution is -0.171. The fourth-order valence-electron chi connectivity index (χ4n) is 9.48. The molecule has 7 atom stereocenters. The summed E-state index contributed by atoms with van der Waals surface area (Å²) in [6.07, 6.45) is 11.9. The van der Waals surface area contributed by atoms with Gasteiger partial charge in [-0.15, -0.1) is 0 Å². The standard InChI is InChI=1S/C30H45NO2/c1-20(2)21-11-13-29(7)24(27(21,5)12-8-18-31)10-9-22-23-19-26(3,4)14-16-30(23,25(32)33)17-15-28(22,29)6/h9,21,23-24H,1,8,10-17,19H2,2-7H3,(H,32,33)/t21-,23?,24+,27-,28+,29+,30-/m0/s1. The van der Waals surface area contributed by atoms with Crippen molar-refractivity contribution in [3.8, 4) is 6.07 Å². The van der Waals surface area contributed by atoms with Crippen molar-refractivity contribution in [1.29, 1.82) is 5.26 Å². The zero-order valence-electron chi connectivity index (χ0n) is 21.9. The molecule has 4 rings (SSSR count). The fraction of sp³-hybridized carbons (Fsp3) is 0.800. The highest BCUT2D eigenvalue weighted by Crippen LogP contribution is 2.74. The lowest BCUT2D eigenvalue weighted by Crippen LogP contribution is -2.62. The Labute approximate surface area is 201 Å². The van der Waals surface area contributed by atoms with Crippen LogP contribution >= 0.6 is 0 Å². The van der Waals surface area contributed by atoms with Crippen molar-refractivity contribution < 1.29 is 9.90 Å². The van der Waals surface area contributed by atoms with Gasteiger partial charge in [0, 0.05) is 6.42 Å². The summed E-state index contributed by atoms with van der Waals surface area (Å²) in [6, 6.07) is 2.43. The van der Waals surface area contributed by atoms with Crippen molar-refractivity contribution in [2.45, 2.75) is 106 Å². The number of nitriles is 1. The van der Waals surface area contributed by atoms with Crippen LogP contribution in [-0.2, 0) is 4.79 Å². The Morgan fingerprint density at radius 2 is 1.82 bits per heavy atom. The highest BCUT2D eigenvalue weighted by atomic mass is 16.4. The van der Waals surface area contributed by atoms with Gasteiger partial charge in [0.15, 0.2) is 0 Å². The molecule has 33 heavy (non-hydrogen) atoms. The van der Waals surface area contributed by atoms with E-state index < -0.39 is 11.4 Å². The van der Waals surface area contributed by atoms with E-state index in [-0.39, 0.29) is 27.6 Å². The zero-order chi connectivity index (χ0) is 24.4. The van der Waals surface area contributed by atoms with Crippen molar-refractivity contribution in [1.82, 2.24) is 0 Å². The maximum absolute atomic E-state index is 12.7. The first-order valence-corrected chi connectivity index (χ1v) is 13.2. The van der Waals surface area contributed by atoms with E-state index in [2.05, 4.69) is 60.3 Å². The number of allylic oxidation sites excluding steroid dienone is 3. The van der Waals surface area contributed by atoms with E-state index in [1.807, 2.05) is 0 Å². The molecule has 0 radical (unpaired) electrons. The predicted molar refractivity (Wildman–Crippen MR) is 133 cm³/mol. The molecule has 0 amide bonds. The first-order chi connectivity index (χ1) is 15.3. The van der Waals surface area contributed by atoms with E-state index in [4.69, 9.17) is 0 Å². The van der Waals surface area contributed by atoms with Crippen LogP contribution in [0.15, 0.2) is 23.8 Å². The monoisotopic (exact) mass is 451 g/mol. The molecular weight excluding hydrogens is 406 g/mol. The van der Waals surface area contributed by atoms with Gasteiger partial charge in [0.2, 0.25) is 0 Å². The van der Waals surface area contributed by atoms with E-state index in [0.29, 0.717) is 18.3 Å². The Hall–Kier alpha value is -1.56. The molecule has 0 aromatic carbocycles. The SMILES string of the molecule is C=C(C)[C@@H]1CC[C@]2(C)[C@H](CC=C3C4CC(C)(C)CC[C@]4(C(=O)O)CC[C@]32C)[C@@]1(C)CCC#N. The van der Waals surface area contributed by atoms with Gasteiger partial charge in [-0.2, -0.15) is 5.26 Å². The van der Waals surface area contributed by atoms with Gasteiger partial charge in [-0.1, -0.05) is 58.4 Å². The number of rotatable bonds is 4. The Morgan fingerprint density at radius 3 is 2.42 bits per heavy atom. The Kier molecular flexibility index (Phi) is 5.75. The van der Waals surface area contributed by atoms with Gasteiger partial charge in [0.1, 0.15) is 0 Å². The Balaban J connectivity index is 1.83. The molecule has 0 aromatic heterocycles. The Morgan fingerprint density at radius 1 is 1.15 bits per heavy atom. The maximum Gasteiger partial charge on any atom is 0.310 e. The summed E-state index contributed by atoms with van der Waals surface area (Å²) >= 11 is 0. The van der Waals surface area contributed by atoms with Crippen LogP contribution in [-0.4, -0.2) is 11.1 Å². The molecule has 4 aliphatic carbocycles. The average Bonchev–Trinajstić information content (AvgIpc) is 2.72. The molecule has 0 spiro atoms. The molecule has 3 fully saturated rings. The minimum absolute atomic E-state index is 0.0287. The van der Waals surface area contributed by atoms with Gasteiger partial charge in [0.25, 0.3) is 0 Å². The second-order valence-electron chi connectivity index (χ2n) is 13.7. The summed E-state index contributed by atoms with van der Waals surface area (Å²) in [5.41, 5.74) is 2.56. The van der Waals surface area contributed by atoms with Crippen LogP contribution in [0.1, 0.15) is 106 Å². The van der Waals surface area contributed by atoms with Crippen LogP contribution in [0.4, 0.5) is 0 Å². The van der Waals surface area contributed by atoms with E-state index in [1.165, 1.54) is 17.6 Å². The third kappa shape index (κ3) is 3.30. The van der Waals surface area contributed by atoms with Crippen LogP contribution in [0.3, 0.4) is 0 Å². The average molecular weight is 452 g/mol. The van der Waals surface area contributed by atoms with E-state index in [0.717, 1.165) is 51.4 Å². The third-order valence-corrected chi connectivity index (χ3v) is 11.7. The summed E-state index contributed by atoms with van der Waals surface area (Å²) in [7, 11) is 0. The molecule has 3 saturated carbocycles. The number of fused-ring (bicyclic) bond motifs is 5. The zero-order valence-corrected chi connectivity index (χ0v) is 21.9. The molecule has 182 valence electrons. The van der Waals surface area contributed by atoms with Crippen molar-refractivity contribution in [2.24, 2.45) is 44.8 Å². The molecule has 0 aliphatic heterocycles. The first kappa shape index (κ1) is 24.6. The number of hydrogen-bond donors (Lipinski definition) is 1.